The average Bonchev–Trinajstić information content (AvgIpc) is 2.74. The Morgan fingerprint density at radius 3 is 2.59 bits per heavy atom. The molecule has 1 heterocycles. The van der Waals surface area contributed by atoms with E-state index in [-0.39, 0.29) is 24.4 Å². The zero-order chi connectivity index (χ0) is 19.8. The second-order valence-corrected chi connectivity index (χ2v) is 7.15. The number of para-hydroxylation sites is 1. The van der Waals surface area contributed by atoms with Crippen molar-refractivity contribution < 1.29 is 14.3 Å². The van der Waals surface area contributed by atoms with E-state index in [1.54, 1.807) is 6.07 Å². The molecule has 1 atom stereocenters. The molecule has 1 amide bonds. The van der Waals surface area contributed by atoms with Crippen LogP contribution in [0.5, 0.6) is 5.75 Å². The molecule has 7 heteroatoms. The predicted octanol–water partition coefficient (Wildman–Crippen LogP) is 4.35. The van der Waals surface area contributed by atoms with Crippen molar-refractivity contribution in [2.75, 3.05) is 39.5 Å². The molecule has 0 aromatic heterocycles. The predicted molar refractivity (Wildman–Crippen MR) is 118 cm³/mol. The SMILES string of the molecule is CCCOc1ccccc1C(=O)NCC(c1ccccc1Cl)N1CCOCC1.Cl. The number of carbonyl (C=O) groups is 1. The number of amides is 1. The highest BCUT2D eigenvalue weighted by molar-refractivity contribution is 6.31. The zero-order valence-electron chi connectivity index (χ0n) is 16.6. The van der Waals surface area contributed by atoms with Crippen LogP contribution in [0.4, 0.5) is 0 Å². The molecule has 1 N–H and O–H groups in total. The lowest BCUT2D eigenvalue weighted by molar-refractivity contribution is 0.0162. The Hall–Kier alpha value is -1.79. The highest BCUT2D eigenvalue weighted by Gasteiger charge is 2.25. The van der Waals surface area contributed by atoms with Gasteiger partial charge in [-0.1, -0.05) is 48.9 Å². The molecule has 5 nitrogen and oxygen atoms in total. The number of morpholine rings is 1. The Balaban J connectivity index is 0.00000300. The van der Waals surface area contributed by atoms with E-state index in [2.05, 4.69) is 10.2 Å². The van der Waals surface area contributed by atoms with Gasteiger partial charge in [0.05, 0.1) is 31.4 Å². The molecule has 1 fully saturated rings. The highest BCUT2D eigenvalue weighted by atomic mass is 35.5. The molecule has 0 bridgehead atoms. The molecule has 1 unspecified atom stereocenters. The summed E-state index contributed by atoms with van der Waals surface area (Å²) in [5.41, 5.74) is 1.57. The minimum absolute atomic E-state index is 0. The van der Waals surface area contributed by atoms with E-state index in [1.807, 2.05) is 49.4 Å². The summed E-state index contributed by atoms with van der Waals surface area (Å²) in [5.74, 6) is 0.472. The highest BCUT2D eigenvalue weighted by Crippen LogP contribution is 2.28. The van der Waals surface area contributed by atoms with Crippen LogP contribution in [0.25, 0.3) is 0 Å². The van der Waals surface area contributed by atoms with Crippen molar-refractivity contribution in [3.8, 4) is 5.75 Å². The Morgan fingerprint density at radius 2 is 1.86 bits per heavy atom. The van der Waals surface area contributed by atoms with Crippen molar-refractivity contribution in [2.24, 2.45) is 0 Å². The van der Waals surface area contributed by atoms with Gasteiger partial charge in [0.1, 0.15) is 5.75 Å². The van der Waals surface area contributed by atoms with Gasteiger partial charge in [-0.15, -0.1) is 12.4 Å². The van der Waals surface area contributed by atoms with Crippen LogP contribution in [0.1, 0.15) is 35.3 Å². The van der Waals surface area contributed by atoms with Crippen molar-refractivity contribution in [3.05, 3.63) is 64.7 Å². The van der Waals surface area contributed by atoms with E-state index >= 15 is 0 Å². The summed E-state index contributed by atoms with van der Waals surface area (Å²) in [6.07, 6.45) is 0.890. The van der Waals surface area contributed by atoms with Gasteiger partial charge in [0.15, 0.2) is 0 Å². The van der Waals surface area contributed by atoms with Crippen molar-refractivity contribution in [1.82, 2.24) is 10.2 Å². The molecular formula is C22H28Cl2N2O3. The molecule has 2 aromatic rings. The average molecular weight is 439 g/mol. The van der Waals surface area contributed by atoms with Gasteiger partial charge >= 0.3 is 0 Å². The summed E-state index contributed by atoms with van der Waals surface area (Å²) < 4.78 is 11.2. The minimum Gasteiger partial charge on any atom is -0.493 e. The minimum atomic E-state index is -0.142. The number of nitrogens with zero attached hydrogens (tertiary/aromatic N) is 1. The van der Waals surface area contributed by atoms with Crippen LogP contribution in [-0.2, 0) is 4.74 Å². The fourth-order valence-corrected chi connectivity index (χ4v) is 3.61. The Labute approximate surface area is 183 Å². The lowest BCUT2D eigenvalue weighted by Gasteiger charge is -2.35. The van der Waals surface area contributed by atoms with Crippen molar-refractivity contribution in [1.29, 1.82) is 0 Å². The third-order valence-electron chi connectivity index (χ3n) is 4.80. The van der Waals surface area contributed by atoms with E-state index in [0.717, 1.165) is 25.1 Å². The number of benzene rings is 2. The molecule has 0 saturated carbocycles. The van der Waals surface area contributed by atoms with Gasteiger partial charge in [-0.25, -0.2) is 0 Å². The topological polar surface area (TPSA) is 50.8 Å². The fraction of sp³-hybridized carbons (Fsp3) is 0.409. The second kappa shape index (κ2) is 12.0. The van der Waals surface area contributed by atoms with Gasteiger partial charge in [-0.3, -0.25) is 9.69 Å². The first kappa shape index (κ1) is 23.5. The van der Waals surface area contributed by atoms with Gasteiger partial charge in [0.25, 0.3) is 5.91 Å². The van der Waals surface area contributed by atoms with E-state index in [4.69, 9.17) is 21.1 Å². The Bertz CT molecular complexity index is 782. The van der Waals surface area contributed by atoms with Crippen LogP contribution in [-0.4, -0.2) is 50.3 Å². The van der Waals surface area contributed by atoms with Gasteiger partial charge in [-0.2, -0.15) is 0 Å². The number of nitrogens with one attached hydrogen (secondary N) is 1. The van der Waals surface area contributed by atoms with Gasteiger partial charge in [-0.05, 0) is 30.2 Å². The first-order valence-corrected chi connectivity index (χ1v) is 10.1. The standard InChI is InChI=1S/C22H27ClN2O3.ClH/c1-2-13-28-21-10-6-4-8-18(21)22(26)24-16-20(25-11-14-27-15-12-25)17-7-3-5-9-19(17)23;/h3-10,20H,2,11-16H2,1H3,(H,24,26);1H. The molecule has 0 aliphatic carbocycles. The molecular weight excluding hydrogens is 411 g/mol. The van der Waals surface area contributed by atoms with Crippen LogP contribution in [0, 0.1) is 0 Å². The molecule has 1 aliphatic heterocycles. The monoisotopic (exact) mass is 438 g/mol. The summed E-state index contributed by atoms with van der Waals surface area (Å²) in [7, 11) is 0. The largest absolute Gasteiger partial charge is 0.493 e. The van der Waals surface area contributed by atoms with Crippen LogP contribution in [0.3, 0.4) is 0 Å². The van der Waals surface area contributed by atoms with E-state index in [0.29, 0.717) is 42.7 Å². The van der Waals surface area contributed by atoms with Crippen LogP contribution in [0.15, 0.2) is 48.5 Å². The maximum atomic E-state index is 12.9. The van der Waals surface area contributed by atoms with Crippen molar-refractivity contribution in [2.45, 2.75) is 19.4 Å². The lowest BCUT2D eigenvalue weighted by Crippen LogP contribution is -2.44. The summed E-state index contributed by atoms with van der Waals surface area (Å²) in [6, 6.07) is 15.1. The number of halogens is 2. The van der Waals surface area contributed by atoms with Gasteiger partial charge in [0.2, 0.25) is 0 Å². The fourth-order valence-electron chi connectivity index (χ4n) is 3.35. The number of ether oxygens (including phenoxy) is 2. The molecule has 2 aromatic carbocycles. The molecule has 3 rings (SSSR count). The molecule has 0 spiro atoms. The third-order valence-corrected chi connectivity index (χ3v) is 5.14. The quantitative estimate of drug-likeness (QED) is 0.665. The van der Waals surface area contributed by atoms with Crippen molar-refractivity contribution >= 4 is 29.9 Å². The number of hydrogen-bond acceptors (Lipinski definition) is 4. The number of rotatable bonds is 8. The zero-order valence-corrected chi connectivity index (χ0v) is 18.2. The van der Waals surface area contributed by atoms with Crippen LogP contribution >= 0.6 is 24.0 Å². The summed E-state index contributed by atoms with van der Waals surface area (Å²) in [4.78, 5) is 15.2. The number of carbonyl (C=O) groups excluding carboxylic acids is 1. The first-order chi connectivity index (χ1) is 13.7. The lowest BCUT2D eigenvalue weighted by atomic mass is 10.0. The van der Waals surface area contributed by atoms with Gasteiger partial charge < -0.3 is 14.8 Å². The normalized spacial score (nSPS) is 15.2. The molecule has 29 heavy (non-hydrogen) atoms. The maximum Gasteiger partial charge on any atom is 0.255 e. The van der Waals surface area contributed by atoms with E-state index in [1.165, 1.54) is 0 Å². The van der Waals surface area contributed by atoms with Crippen LogP contribution < -0.4 is 10.1 Å². The summed E-state index contributed by atoms with van der Waals surface area (Å²) >= 11 is 6.46. The second-order valence-electron chi connectivity index (χ2n) is 6.74. The Morgan fingerprint density at radius 1 is 1.17 bits per heavy atom. The van der Waals surface area contributed by atoms with Crippen LogP contribution in [0.2, 0.25) is 5.02 Å². The smallest absolute Gasteiger partial charge is 0.255 e. The molecule has 0 radical (unpaired) electrons. The summed E-state index contributed by atoms with van der Waals surface area (Å²) in [5, 5.41) is 3.79. The summed E-state index contributed by atoms with van der Waals surface area (Å²) in [6.45, 7) is 6.07. The van der Waals surface area contributed by atoms with Crippen molar-refractivity contribution in [3.63, 3.8) is 0 Å². The maximum absolute atomic E-state index is 12.9. The van der Waals surface area contributed by atoms with E-state index in [9.17, 15) is 4.79 Å². The van der Waals surface area contributed by atoms with E-state index < -0.39 is 0 Å². The molecule has 1 aliphatic rings. The third kappa shape index (κ3) is 6.34. The molecule has 158 valence electrons. The van der Waals surface area contributed by atoms with Gasteiger partial charge in [0, 0.05) is 24.7 Å². The Kier molecular flexibility index (Phi) is 9.74. The number of hydrogen-bond donors (Lipinski definition) is 1. The first-order valence-electron chi connectivity index (χ1n) is 9.77. The molecule has 1 saturated heterocycles.